The molecule has 1 atom stereocenters. The number of aryl methyl sites for hydroxylation is 1. The predicted octanol–water partition coefficient (Wildman–Crippen LogP) is 3.80. The first-order chi connectivity index (χ1) is 9.69. The van der Waals surface area contributed by atoms with Crippen LogP contribution in [0.3, 0.4) is 0 Å². The summed E-state index contributed by atoms with van der Waals surface area (Å²) in [7, 11) is 1.66. The van der Waals surface area contributed by atoms with Crippen molar-refractivity contribution in [3.05, 3.63) is 65.4 Å². The van der Waals surface area contributed by atoms with Crippen molar-refractivity contribution >= 4 is 11.0 Å². The normalized spacial score (nSPS) is 12.6. The summed E-state index contributed by atoms with van der Waals surface area (Å²) in [5.74, 6) is 1.61. The van der Waals surface area contributed by atoms with Crippen LogP contribution in [0.4, 0.5) is 0 Å². The number of nitrogens with two attached hydrogens (primary N) is 1. The number of ether oxygens (including phenoxy) is 1. The summed E-state index contributed by atoms with van der Waals surface area (Å²) < 4.78 is 11.1. The van der Waals surface area contributed by atoms with Crippen LogP contribution >= 0.6 is 0 Å². The first-order valence-corrected chi connectivity index (χ1v) is 6.57. The van der Waals surface area contributed by atoms with E-state index in [1.165, 1.54) is 0 Å². The standard InChI is InChI=1S/C17H17NO2/c1-11-9-13(19-2)7-8-14(11)17(18)16-10-12-5-3-4-6-15(12)20-16/h3-10,17H,18H2,1-2H3. The van der Waals surface area contributed by atoms with Gasteiger partial charge in [-0.2, -0.15) is 0 Å². The van der Waals surface area contributed by atoms with E-state index in [2.05, 4.69) is 0 Å². The van der Waals surface area contributed by atoms with Crippen molar-refractivity contribution in [2.45, 2.75) is 13.0 Å². The Morgan fingerprint density at radius 2 is 1.90 bits per heavy atom. The third kappa shape index (κ3) is 2.17. The minimum absolute atomic E-state index is 0.270. The van der Waals surface area contributed by atoms with E-state index >= 15 is 0 Å². The Kier molecular flexibility index (Phi) is 3.20. The molecule has 1 aromatic heterocycles. The average molecular weight is 267 g/mol. The van der Waals surface area contributed by atoms with E-state index in [-0.39, 0.29) is 6.04 Å². The Morgan fingerprint density at radius 1 is 1.10 bits per heavy atom. The predicted molar refractivity (Wildman–Crippen MR) is 80.0 cm³/mol. The Morgan fingerprint density at radius 3 is 2.60 bits per heavy atom. The number of methoxy groups -OCH3 is 1. The van der Waals surface area contributed by atoms with E-state index in [0.717, 1.165) is 33.6 Å². The number of rotatable bonds is 3. The van der Waals surface area contributed by atoms with Gasteiger partial charge < -0.3 is 14.9 Å². The zero-order valence-electron chi connectivity index (χ0n) is 11.6. The summed E-state index contributed by atoms with van der Waals surface area (Å²) in [6, 6.07) is 15.6. The van der Waals surface area contributed by atoms with E-state index in [1.54, 1.807) is 7.11 Å². The van der Waals surface area contributed by atoms with Crippen LogP contribution in [0.25, 0.3) is 11.0 Å². The third-order valence-corrected chi connectivity index (χ3v) is 3.56. The van der Waals surface area contributed by atoms with Gasteiger partial charge in [-0.25, -0.2) is 0 Å². The van der Waals surface area contributed by atoms with Gasteiger partial charge in [0.2, 0.25) is 0 Å². The van der Waals surface area contributed by atoms with Gasteiger partial charge >= 0.3 is 0 Å². The van der Waals surface area contributed by atoms with E-state index < -0.39 is 0 Å². The van der Waals surface area contributed by atoms with Crippen molar-refractivity contribution < 1.29 is 9.15 Å². The van der Waals surface area contributed by atoms with E-state index in [9.17, 15) is 0 Å². The molecular weight excluding hydrogens is 250 g/mol. The molecule has 2 N–H and O–H groups in total. The fourth-order valence-electron chi connectivity index (χ4n) is 2.43. The maximum atomic E-state index is 6.34. The van der Waals surface area contributed by atoms with Crippen molar-refractivity contribution in [3.8, 4) is 5.75 Å². The molecule has 0 bridgehead atoms. The monoisotopic (exact) mass is 267 g/mol. The average Bonchev–Trinajstić information content (AvgIpc) is 2.90. The van der Waals surface area contributed by atoms with Gasteiger partial charge in [0, 0.05) is 5.39 Å². The quantitative estimate of drug-likeness (QED) is 0.785. The van der Waals surface area contributed by atoms with Crippen molar-refractivity contribution in [2.75, 3.05) is 7.11 Å². The lowest BCUT2D eigenvalue weighted by Crippen LogP contribution is -2.12. The molecule has 0 radical (unpaired) electrons. The zero-order valence-corrected chi connectivity index (χ0v) is 11.6. The highest BCUT2D eigenvalue weighted by Gasteiger charge is 2.16. The highest BCUT2D eigenvalue weighted by Crippen LogP contribution is 2.29. The van der Waals surface area contributed by atoms with Gasteiger partial charge in [-0.15, -0.1) is 0 Å². The molecule has 0 saturated heterocycles. The molecule has 3 nitrogen and oxygen atoms in total. The molecule has 102 valence electrons. The Hall–Kier alpha value is -2.26. The molecule has 0 saturated carbocycles. The van der Waals surface area contributed by atoms with Crippen LogP contribution in [0, 0.1) is 6.92 Å². The van der Waals surface area contributed by atoms with Crippen LogP contribution in [0.1, 0.15) is 22.9 Å². The van der Waals surface area contributed by atoms with E-state index in [1.807, 2.05) is 55.5 Å². The highest BCUT2D eigenvalue weighted by molar-refractivity contribution is 5.78. The lowest BCUT2D eigenvalue weighted by Gasteiger charge is -2.13. The van der Waals surface area contributed by atoms with E-state index in [0.29, 0.717) is 0 Å². The van der Waals surface area contributed by atoms with Gasteiger partial charge in [0.1, 0.15) is 17.1 Å². The lowest BCUT2D eigenvalue weighted by molar-refractivity contribution is 0.414. The molecule has 0 aliphatic heterocycles. The van der Waals surface area contributed by atoms with E-state index in [4.69, 9.17) is 14.9 Å². The van der Waals surface area contributed by atoms with Crippen LogP contribution in [0.2, 0.25) is 0 Å². The topological polar surface area (TPSA) is 48.4 Å². The van der Waals surface area contributed by atoms with Crippen molar-refractivity contribution in [3.63, 3.8) is 0 Å². The van der Waals surface area contributed by atoms with Gasteiger partial charge in [0.15, 0.2) is 0 Å². The summed E-state index contributed by atoms with van der Waals surface area (Å²) in [6.07, 6.45) is 0. The van der Waals surface area contributed by atoms with Crippen LogP contribution in [-0.4, -0.2) is 7.11 Å². The van der Waals surface area contributed by atoms with Crippen LogP contribution in [0.15, 0.2) is 52.9 Å². The maximum Gasteiger partial charge on any atom is 0.134 e. The van der Waals surface area contributed by atoms with Gasteiger partial charge in [-0.1, -0.05) is 24.3 Å². The molecule has 1 unspecified atom stereocenters. The Labute approximate surface area is 118 Å². The van der Waals surface area contributed by atoms with Gasteiger partial charge in [-0.3, -0.25) is 0 Å². The summed E-state index contributed by atoms with van der Waals surface area (Å²) in [5, 5.41) is 1.07. The van der Waals surface area contributed by atoms with Crippen molar-refractivity contribution in [1.82, 2.24) is 0 Å². The first-order valence-electron chi connectivity index (χ1n) is 6.57. The zero-order chi connectivity index (χ0) is 14.1. The summed E-state index contributed by atoms with van der Waals surface area (Å²) >= 11 is 0. The van der Waals surface area contributed by atoms with Crippen LogP contribution < -0.4 is 10.5 Å². The van der Waals surface area contributed by atoms with Crippen molar-refractivity contribution in [1.29, 1.82) is 0 Å². The number of furan rings is 1. The second-order valence-corrected chi connectivity index (χ2v) is 4.89. The maximum absolute atomic E-state index is 6.34. The Balaban J connectivity index is 2.01. The van der Waals surface area contributed by atoms with Crippen molar-refractivity contribution in [2.24, 2.45) is 5.73 Å². The smallest absolute Gasteiger partial charge is 0.134 e. The summed E-state index contributed by atoms with van der Waals surface area (Å²) in [4.78, 5) is 0. The molecule has 0 aliphatic rings. The Bertz CT molecular complexity index is 713. The fourth-order valence-corrected chi connectivity index (χ4v) is 2.43. The minimum atomic E-state index is -0.270. The molecule has 0 aliphatic carbocycles. The molecule has 0 spiro atoms. The van der Waals surface area contributed by atoms with Crippen LogP contribution in [0.5, 0.6) is 5.75 Å². The molecule has 0 fully saturated rings. The van der Waals surface area contributed by atoms with Gasteiger partial charge in [0.05, 0.1) is 13.2 Å². The molecule has 1 heterocycles. The summed E-state index contributed by atoms with van der Waals surface area (Å²) in [6.45, 7) is 2.03. The molecule has 2 aromatic carbocycles. The number of para-hydroxylation sites is 1. The largest absolute Gasteiger partial charge is 0.497 e. The SMILES string of the molecule is COc1ccc(C(N)c2cc3ccccc3o2)c(C)c1. The molecular formula is C17H17NO2. The lowest BCUT2D eigenvalue weighted by atomic mass is 9.99. The number of hydrogen-bond donors (Lipinski definition) is 1. The minimum Gasteiger partial charge on any atom is -0.497 e. The third-order valence-electron chi connectivity index (χ3n) is 3.56. The number of hydrogen-bond acceptors (Lipinski definition) is 3. The summed E-state index contributed by atoms with van der Waals surface area (Å²) in [5.41, 5.74) is 9.34. The second-order valence-electron chi connectivity index (χ2n) is 4.89. The highest BCUT2D eigenvalue weighted by atomic mass is 16.5. The molecule has 0 amide bonds. The number of benzene rings is 2. The first kappa shape index (κ1) is 12.8. The molecule has 3 rings (SSSR count). The second kappa shape index (κ2) is 5.02. The fraction of sp³-hybridized carbons (Fsp3) is 0.176. The van der Waals surface area contributed by atoms with Crippen LogP contribution in [-0.2, 0) is 0 Å². The molecule has 20 heavy (non-hydrogen) atoms. The van der Waals surface area contributed by atoms with Gasteiger partial charge in [0.25, 0.3) is 0 Å². The molecule has 3 aromatic rings. The molecule has 3 heteroatoms. The van der Waals surface area contributed by atoms with Gasteiger partial charge in [-0.05, 0) is 42.3 Å². The number of fused-ring (bicyclic) bond motifs is 1.